The first-order chi connectivity index (χ1) is 10.7. The van der Waals surface area contributed by atoms with Gasteiger partial charge in [-0.3, -0.25) is 0 Å². The Labute approximate surface area is 128 Å². The maximum absolute atomic E-state index is 12.4. The Hall–Kier alpha value is -2.30. The Morgan fingerprint density at radius 1 is 1.09 bits per heavy atom. The van der Waals surface area contributed by atoms with Crippen LogP contribution in [0.5, 0.6) is 11.5 Å². The molecule has 2 aromatic rings. The van der Waals surface area contributed by atoms with E-state index in [1.807, 2.05) is 31.2 Å². The van der Waals surface area contributed by atoms with E-state index >= 15 is 0 Å². The van der Waals surface area contributed by atoms with Crippen LogP contribution < -0.4 is 14.8 Å². The molecular formula is C17H19F2NO2. The van der Waals surface area contributed by atoms with Crippen LogP contribution in [0.15, 0.2) is 48.5 Å². The minimum Gasteiger partial charge on any atom is -0.494 e. The molecule has 0 unspecified atom stereocenters. The molecule has 0 spiro atoms. The van der Waals surface area contributed by atoms with Gasteiger partial charge in [0.15, 0.2) is 0 Å². The van der Waals surface area contributed by atoms with E-state index in [1.54, 1.807) is 18.2 Å². The lowest BCUT2D eigenvalue weighted by Gasteiger charge is -2.13. The first-order valence-corrected chi connectivity index (χ1v) is 7.18. The highest BCUT2D eigenvalue weighted by molar-refractivity contribution is 5.49. The SMILES string of the molecule is CCCOc1cccc(NCc2ccccc2OC(F)F)c1. The average molecular weight is 307 g/mol. The van der Waals surface area contributed by atoms with Crippen LogP contribution in [0.4, 0.5) is 14.5 Å². The molecule has 0 atom stereocenters. The van der Waals surface area contributed by atoms with Gasteiger partial charge in [-0.15, -0.1) is 0 Å². The Kier molecular flexibility index (Phi) is 6.01. The molecule has 0 aliphatic rings. The fourth-order valence-electron chi connectivity index (χ4n) is 1.97. The van der Waals surface area contributed by atoms with Gasteiger partial charge in [0.25, 0.3) is 0 Å². The first-order valence-electron chi connectivity index (χ1n) is 7.18. The second kappa shape index (κ2) is 8.22. The molecule has 2 rings (SSSR count). The Morgan fingerprint density at radius 3 is 2.68 bits per heavy atom. The molecule has 118 valence electrons. The van der Waals surface area contributed by atoms with Crippen molar-refractivity contribution >= 4 is 5.69 Å². The van der Waals surface area contributed by atoms with E-state index in [2.05, 4.69) is 10.1 Å². The van der Waals surface area contributed by atoms with Crippen molar-refractivity contribution in [1.82, 2.24) is 0 Å². The number of hydrogen-bond acceptors (Lipinski definition) is 3. The van der Waals surface area contributed by atoms with E-state index in [0.717, 1.165) is 17.9 Å². The highest BCUT2D eigenvalue weighted by Crippen LogP contribution is 2.23. The zero-order valence-electron chi connectivity index (χ0n) is 12.4. The van der Waals surface area contributed by atoms with Crippen LogP contribution in [0.25, 0.3) is 0 Å². The summed E-state index contributed by atoms with van der Waals surface area (Å²) in [6, 6.07) is 14.3. The number of benzene rings is 2. The summed E-state index contributed by atoms with van der Waals surface area (Å²) in [7, 11) is 0. The second-order valence-electron chi connectivity index (χ2n) is 4.72. The van der Waals surface area contributed by atoms with Crippen molar-refractivity contribution in [1.29, 1.82) is 0 Å². The number of hydrogen-bond donors (Lipinski definition) is 1. The van der Waals surface area contributed by atoms with Crippen LogP contribution in [0, 0.1) is 0 Å². The maximum Gasteiger partial charge on any atom is 0.387 e. The molecular weight excluding hydrogens is 288 g/mol. The third-order valence-electron chi connectivity index (χ3n) is 2.98. The normalized spacial score (nSPS) is 10.5. The van der Waals surface area contributed by atoms with Crippen LogP contribution >= 0.6 is 0 Å². The minimum atomic E-state index is -2.83. The lowest BCUT2D eigenvalue weighted by Crippen LogP contribution is -2.07. The summed E-state index contributed by atoms with van der Waals surface area (Å²) in [5, 5.41) is 3.19. The average Bonchev–Trinajstić information content (AvgIpc) is 2.52. The molecule has 0 heterocycles. The quantitative estimate of drug-likeness (QED) is 0.767. The zero-order valence-corrected chi connectivity index (χ0v) is 12.4. The van der Waals surface area contributed by atoms with Crippen molar-refractivity contribution < 1.29 is 18.3 Å². The summed E-state index contributed by atoms with van der Waals surface area (Å²) in [5.41, 5.74) is 1.53. The lowest BCUT2D eigenvalue weighted by molar-refractivity contribution is -0.0504. The van der Waals surface area contributed by atoms with Gasteiger partial charge >= 0.3 is 6.61 Å². The van der Waals surface area contributed by atoms with Crippen LogP contribution in [0.3, 0.4) is 0 Å². The Balaban J connectivity index is 2.01. The third kappa shape index (κ3) is 4.91. The number of ether oxygens (including phenoxy) is 2. The summed E-state index contributed by atoms with van der Waals surface area (Å²) < 4.78 is 34.8. The van der Waals surface area contributed by atoms with Gasteiger partial charge in [-0.2, -0.15) is 8.78 Å². The Bertz CT molecular complexity index is 590. The van der Waals surface area contributed by atoms with E-state index in [-0.39, 0.29) is 5.75 Å². The topological polar surface area (TPSA) is 30.5 Å². The van der Waals surface area contributed by atoms with Gasteiger partial charge in [-0.1, -0.05) is 31.2 Å². The van der Waals surface area contributed by atoms with Crippen molar-refractivity contribution in [2.24, 2.45) is 0 Å². The highest BCUT2D eigenvalue weighted by atomic mass is 19.3. The van der Waals surface area contributed by atoms with Crippen molar-refractivity contribution in [2.75, 3.05) is 11.9 Å². The molecule has 5 heteroatoms. The zero-order chi connectivity index (χ0) is 15.8. The molecule has 0 amide bonds. The Morgan fingerprint density at radius 2 is 1.91 bits per heavy atom. The molecule has 0 fully saturated rings. The van der Waals surface area contributed by atoms with Crippen LogP contribution in [-0.4, -0.2) is 13.2 Å². The van der Waals surface area contributed by atoms with Crippen molar-refractivity contribution in [2.45, 2.75) is 26.5 Å². The number of para-hydroxylation sites is 1. The number of nitrogens with one attached hydrogen (secondary N) is 1. The summed E-state index contributed by atoms with van der Waals surface area (Å²) in [6.45, 7) is 0.267. The van der Waals surface area contributed by atoms with Gasteiger partial charge < -0.3 is 14.8 Å². The van der Waals surface area contributed by atoms with Gasteiger partial charge in [0.1, 0.15) is 11.5 Å². The molecule has 0 aliphatic carbocycles. The van der Waals surface area contributed by atoms with Crippen molar-refractivity contribution in [3.05, 3.63) is 54.1 Å². The van der Waals surface area contributed by atoms with Gasteiger partial charge in [0.05, 0.1) is 6.61 Å². The highest BCUT2D eigenvalue weighted by Gasteiger charge is 2.08. The van der Waals surface area contributed by atoms with Gasteiger partial charge in [0, 0.05) is 23.9 Å². The summed E-state index contributed by atoms with van der Waals surface area (Å²) in [4.78, 5) is 0. The molecule has 0 aliphatic heterocycles. The second-order valence-corrected chi connectivity index (χ2v) is 4.72. The molecule has 0 saturated carbocycles. The summed E-state index contributed by atoms with van der Waals surface area (Å²) >= 11 is 0. The predicted molar refractivity (Wildman–Crippen MR) is 82.6 cm³/mol. The van der Waals surface area contributed by atoms with Gasteiger partial charge in [-0.05, 0) is 24.6 Å². The molecule has 0 radical (unpaired) electrons. The largest absolute Gasteiger partial charge is 0.494 e. The molecule has 0 bridgehead atoms. The van der Waals surface area contributed by atoms with E-state index in [4.69, 9.17) is 4.74 Å². The molecule has 1 N–H and O–H groups in total. The molecule has 0 aromatic heterocycles. The van der Waals surface area contributed by atoms with E-state index in [0.29, 0.717) is 18.7 Å². The maximum atomic E-state index is 12.4. The van der Waals surface area contributed by atoms with E-state index in [1.165, 1.54) is 6.07 Å². The number of halogens is 2. The van der Waals surface area contributed by atoms with Crippen molar-refractivity contribution in [3.8, 4) is 11.5 Å². The third-order valence-corrected chi connectivity index (χ3v) is 2.98. The molecule has 2 aromatic carbocycles. The number of alkyl halides is 2. The predicted octanol–water partition coefficient (Wildman–Crippen LogP) is 4.69. The summed E-state index contributed by atoms with van der Waals surface area (Å²) in [6.07, 6.45) is 0.940. The summed E-state index contributed by atoms with van der Waals surface area (Å²) in [5.74, 6) is 0.965. The molecule has 0 saturated heterocycles. The molecule has 3 nitrogen and oxygen atoms in total. The van der Waals surface area contributed by atoms with Gasteiger partial charge in [0.2, 0.25) is 0 Å². The van der Waals surface area contributed by atoms with Crippen LogP contribution in [0.2, 0.25) is 0 Å². The smallest absolute Gasteiger partial charge is 0.387 e. The monoisotopic (exact) mass is 307 g/mol. The van der Waals surface area contributed by atoms with Gasteiger partial charge in [-0.25, -0.2) is 0 Å². The van der Waals surface area contributed by atoms with E-state index in [9.17, 15) is 8.78 Å². The lowest BCUT2D eigenvalue weighted by atomic mass is 10.2. The number of anilines is 1. The van der Waals surface area contributed by atoms with E-state index < -0.39 is 6.61 Å². The minimum absolute atomic E-state index is 0.184. The molecule has 22 heavy (non-hydrogen) atoms. The first kappa shape index (κ1) is 16.1. The number of rotatable bonds is 8. The van der Waals surface area contributed by atoms with Crippen LogP contribution in [-0.2, 0) is 6.54 Å². The van der Waals surface area contributed by atoms with Crippen LogP contribution in [0.1, 0.15) is 18.9 Å². The fourth-order valence-corrected chi connectivity index (χ4v) is 1.97. The fraction of sp³-hybridized carbons (Fsp3) is 0.294. The van der Waals surface area contributed by atoms with Crippen molar-refractivity contribution in [3.63, 3.8) is 0 Å². The standard InChI is InChI=1S/C17H19F2NO2/c1-2-10-21-15-8-5-7-14(11-15)20-12-13-6-3-4-9-16(13)22-17(18)19/h3-9,11,17,20H,2,10,12H2,1H3.